The lowest BCUT2D eigenvalue weighted by atomic mass is 10.1. The Hall–Kier alpha value is -1.40. The molecule has 0 bridgehead atoms. The Morgan fingerprint density at radius 3 is 2.81 bits per heavy atom. The molecule has 1 amide bonds. The number of benzene rings is 1. The molecule has 1 unspecified atom stereocenters. The lowest BCUT2D eigenvalue weighted by Gasteiger charge is -2.22. The van der Waals surface area contributed by atoms with Gasteiger partial charge < -0.3 is 5.32 Å². The zero-order valence-electron chi connectivity index (χ0n) is 12.5. The Morgan fingerprint density at radius 2 is 2.19 bits per heavy atom. The van der Waals surface area contributed by atoms with Gasteiger partial charge in [-0.2, -0.15) is 0 Å². The number of anilines is 1. The number of aryl methyl sites for hydroxylation is 1. The van der Waals surface area contributed by atoms with Crippen molar-refractivity contribution in [3.05, 3.63) is 29.8 Å². The largest absolute Gasteiger partial charge is 0.325 e. The summed E-state index contributed by atoms with van der Waals surface area (Å²) < 4.78 is 22.9. The van der Waals surface area contributed by atoms with Gasteiger partial charge in [-0.25, -0.2) is 8.42 Å². The van der Waals surface area contributed by atoms with Gasteiger partial charge in [0.05, 0.1) is 18.1 Å². The van der Waals surface area contributed by atoms with Crippen molar-refractivity contribution in [1.29, 1.82) is 0 Å². The van der Waals surface area contributed by atoms with E-state index in [9.17, 15) is 13.2 Å². The SMILES string of the molecule is CCc1cccc(NC(=O)CN(C)C2CCS(=O)(=O)C2)c1. The lowest BCUT2D eigenvalue weighted by molar-refractivity contribution is -0.117. The summed E-state index contributed by atoms with van der Waals surface area (Å²) in [5, 5.41) is 2.86. The van der Waals surface area contributed by atoms with E-state index in [2.05, 4.69) is 12.2 Å². The first-order valence-corrected chi connectivity index (χ1v) is 9.01. The molecule has 5 nitrogen and oxygen atoms in total. The minimum Gasteiger partial charge on any atom is -0.325 e. The van der Waals surface area contributed by atoms with E-state index in [0.717, 1.165) is 12.1 Å². The Morgan fingerprint density at radius 1 is 1.43 bits per heavy atom. The maximum atomic E-state index is 12.0. The van der Waals surface area contributed by atoms with Crippen LogP contribution in [0.1, 0.15) is 18.9 Å². The highest BCUT2D eigenvalue weighted by Gasteiger charge is 2.31. The molecule has 1 fully saturated rings. The van der Waals surface area contributed by atoms with Crippen LogP contribution >= 0.6 is 0 Å². The molecule has 1 aromatic carbocycles. The zero-order valence-corrected chi connectivity index (χ0v) is 13.3. The number of carbonyl (C=O) groups is 1. The quantitative estimate of drug-likeness (QED) is 0.890. The number of likely N-dealkylation sites (N-methyl/N-ethyl adjacent to an activating group) is 1. The van der Waals surface area contributed by atoms with Crippen molar-refractivity contribution in [3.8, 4) is 0 Å². The number of nitrogens with one attached hydrogen (secondary N) is 1. The van der Waals surface area contributed by atoms with Gasteiger partial charge in [-0.05, 0) is 37.6 Å². The van der Waals surface area contributed by atoms with Crippen LogP contribution in [0.15, 0.2) is 24.3 Å². The van der Waals surface area contributed by atoms with E-state index in [1.165, 1.54) is 5.56 Å². The van der Waals surface area contributed by atoms with Crippen LogP contribution in [0.25, 0.3) is 0 Å². The molecule has 1 heterocycles. The molecular weight excluding hydrogens is 288 g/mol. The minimum absolute atomic E-state index is 0.0530. The highest BCUT2D eigenvalue weighted by molar-refractivity contribution is 7.91. The summed E-state index contributed by atoms with van der Waals surface area (Å²) in [5.74, 6) is 0.264. The zero-order chi connectivity index (χ0) is 15.5. The maximum absolute atomic E-state index is 12.0. The average Bonchev–Trinajstić information content (AvgIpc) is 2.79. The van der Waals surface area contributed by atoms with Gasteiger partial charge in [0.1, 0.15) is 0 Å². The third kappa shape index (κ3) is 4.54. The molecule has 1 aliphatic rings. The summed E-state index contributed by atoms with van der Waals surface area (Å²) >= 11 is 0. The first kappa shape index (κ1) is 16.0. The molecule has 1 aromatic rings. The topological polar surface area (TPSA) is 66.5 Å². The van der Waals surface area contributed by atoms with E-state index >= 15 is 0 Å². The van der Waals surface area contributed by atoms with Crippen LogP contribution in [0.2, 0.25) is 0 Å². The van der Waals surface area contributed by atoms with Crippen molar-refractivity contribution in [2.75, 3.05) is 30.4 Å². The summed E-state index contributed by atoms with van der Waals surface area (Å²) in [5.41, 5.74) is 1.95. The number of nitrogens with zero attached hydrogens (tertiary/aromatic N) is 1. The molecular formula is C15H22N2O3S. The summed E-state index contributed by atoms with van der Waals surface area (Å²) in [6.45, 7) is 2.27. The Balaban J connectivity index is 1.89. The second-order valence-corrected chi connectivity index (χ2v) is 7.80. The van der Waals surface area contributed by atoms with Crippen LogP contribution < -0.4 is 5.32 Å². The predicted octanol–water partition coefficient (Wildman–Crippen LogP) is 1.31. The first-order chi connectivity index (χ1) is 9.89. The predicted molar refractivity (Wildman–Crippen MR) is 84.1 cm³/mol. The number of sulfone groups is 1. The van der Waals surface area contributed by atoms with Crippen molar-refractivity contribution in [2.45, 2.75) is 25.8 Å². The van der Waals surface area contributed by atoms with Crippen molar-refractivity contribution < 1.29 is 13.2 Å². The molecule has 1 atom stereocenters. The fourth-order valence-electron chi connectivity index (χ4n) is 2.55. The van der Waals surface area contributed by atoms with Crippen LogP contribution in [0.4, 0.5) is 5.69 Å². The minimum atomic E-state index is -2.92. The fourth-order valence-corrected chi connectivity index (χ4v) is 4.35. The van der Waals surface area contributed by atoms with Crippen LogP contribution in [-0.2, 0) is 21.1 Å². The molecule has 0 aromatic heterocycles. The van der Waals surface area contributed by atoms with Gasteiger partial charge in [-0.3, -0.25) is 9.69 Å². The van der Waals surface area contributed by atoms with Crippen LogP contribution in [-0.4, -0.2) is 50.4 Å². The smallest absolute Gasteiger partial charge is 0.238 e. The fraction of sp³-hybridized carbons (Fsp3) is 0.533. The summed E-state index contributed by atoms with van der Waals surface area (Å²) in [7, 11) is -1.12. The monoisotopic (exact) mass is 310 g/mol. The van der Waals surface area contributed by atoms with Gasteiger partial charge in [-0.15, -0.1) is 0 Å². The van der Waals surface area contributed by atoms with Crippen molar-refractivity contribution in [3.63, 3.8) is 0 Å². The summed E-state index contributed by atoms with van der Waals surface area (Å²) in [4.78, 5) is 13.9. The average molecular weight is 310 g/mol. The van der Waals surface area contributed by atoms with Crippen molar-refractivity contribution >= 4 is 21.4 Å². The van der Waals surface area contributed by atoms with Gasteiger partial charge in [-0.1, -0.05) is 19.1 Å². The molecule has 116 valence electrons. The molecule has 6 heteroatoms. The molecule has 1 saturated heterocycles. The van der Waals surface area contributed by atoms with E-state index in [0.29, 0.717) is 6.42 Å². The van der Waals surface area contributed by atoms with Gasteiger partial charge in [0.2, 0.25) is 5.91 Å². The summed E-state index contributed by atoms with van der Waals surface area (Å²) in [6, 6.07) is 7.70. The Kier molecular flexibility index (Phi) is 5.00. The molecule has 0 saturated carbocycles. The maximum Gasteiger partial charge on any atom is 0.238 e. The number of carbonyl (C=O) groups excluding carboxylic acids is 1. The molecule has 0 aliphatic carbocycles. The third-order valence-electron chi connectivity index (χ3n) is 3.84. The van der Waals surface area contributed by atoms with Gasteiger partial charge in [0.15, 0.2) is 9.84 Å². The first-order valence-electron chi connectivity index (χ1n) is 7.19. The van der Waals surface area contributed by atoms with Gasteiger partial charge in [0, 0.05) is 11.7 Å². The van der Waals surface area contributed by atoms with Crippen LogP contribution in [0.5, 0.6) is 0 Å². The molecule has 21 heavy (non-hydrogen) atoms. The van der Waals surface area contributed by atoms with Crippen LogP contribution in [0.3, 0.4) is 0 Å². The molecule has 2 rings (SSSR count). The van der Waals surface area contributed by atoms with E-state index < -0.39 is 9.84 Å². The van der Waals surface area contributed by atoms with Crippen molar-refractivity contribution in [2.24, 2.45) is 0 Å². The molecule has 0 radical (unpaired) electrons. The molecule has 1 N–H and O–H groups in total. The highest BCUT2D eigenvalue weighted by Crippen LogP contribution is 2.16. The van der Waals surface area contributed by atoms with Gasteiger partial charge >= 0.3 is 0 Å². The third-order valence-corrected chi connectivity index (χ3v) is 5.59. The second-order valence-electron chi connectivity index (χ2n) is 5.57. The number of amides is 1. The van der Waals surface area contributed by atoms with Crippen LogP contribution in [0, 0.1) is 0 Å². The van der Waals surface area contributed by atoms with E-state index in [1.54, 1.807) is 7.05 Å². The normalized spacial score (nSPS) is 20.6. The lowest BCUT2D eigenvalue weighted by Crippen LogP contribution is -2.38. The summed E-state index contributed by atoms with van der Waals surface area (Å²) in [6.07, 6.45) is 1.53. The molecule has 1 aliphatic heterocycles. The molecule has 0 spiro atoms. The Labute approximate surface area is 126 Å². The number of hydrogen-bond acceptors (Lipinski definition) is 4. The number of hydrogen-bond donors (Lipinski definition) is 1. The Bertz CT molecular complexity index is 613. The number of rotatable bonds is 5. The van der Waals surface area contributed by atoms with E-state index in [-0.39, 0.29) is 30.0 Å². The van der Waals surface area contributed by atoms with E-state index in [4.69, 9.17) is 0 Å². The highest BCUT2D eigenvalue weighted by atomic mass is 32.2. The van der Waals surface area contributed by atoms with Gasteiger partial charge in [0.25, 0.3) is 0 Å². The van der Waals surface area contributed by atoms with E-state index in [1.807, 2.05) is 29.2 Å². The second kappa shape index (κ2) is 6.58. The standard InChI is InChI=1S/C15H22N2O3S/c1-3-12-5-4-6-13(9-12)16-15(18)10-17(2)14-7-8-21(19,20)11-14/h4-6,9,14H,3,7-8,10-11H2,1-2H3,(H,16,18). The van der Waals surface area contributed by atoms with Crippen molar-refractivity contribution in [1.82, 2.24) is 4.90 Å².